The smallest absolute Gasteiger partial charge is 0.354 e. The summed E-state index contributed by atoms with van der Waals surface area (Å²) in [5.41, 5.74) is 0.692. The zero-order chi connectivity index (χ0) is 22.8. The Bertz CT molecular complexity index is 905. The molecule has 32 heavy (non-hydrogen) atoms. The molecule has 0 aliphatic heterocycles. The predicted octanol–water partition coefficient (Wildman–Crippen LogP) is 3.11. The topological polar surface area (TPSA) is 109 Å². The van der Waals surface area contributed by atoms with Crippen molar-refractivity contribution in [1.29, 1.82) is 0 Å². The van der Waals surface area contributed by atoms with Crippen LogP contribution in [-0.2, 0) is 19.0 Å². The molecule has 0 bridgehead atoms. The van der Waals surface area contributed by atoms with Gasteiger partial charge in [0.2, 0.25) is 11.8 Å². The van der Waals surface area contributed by atoms with Gasteiger partial charge in [0.05, 0.1) is 33.0 Å². The normalized spacial score (nSPS) is 13.1. The molecule has 0 saturated heterocycles. The van der Waals surface area contributed by atoms with Gasteiger partial charge >= 0.3 is 5.97 Å². The number of thiazole rings is 1. The van der Waals surface area contributed by atoms with Crippen LogP contribution in [0.25, 0.3) is 10.6 Å². The molecule has 0 spiro atoms. The number of anilines is 1. The Morgan fingerprint density at radius 1 is 1.19 bits per heavy atom. The van der Waals surface area contributed by atoms with E-state index >= 15 is 0 Å². The van der Waals surface area contributed by atoms with Crippen molar-refractivity contribution in [1.82, 2.24) is 9.97 Å². The highest BCUT2D eigenvalue weighted by Gasteiger charge is 2.30. The number of alkyl halides is 1. The lowest BCUT2D eigenvalue weighted by Gasteiger charge is -2.07. The average Bonchev–Trinajstić information content (AvgIpc) is 3.56. The van der Waals surface area contributed by atoms with Crippen LogP contribution in [0.3, 0.4) is 0 Å². The summed E-state index contributed by atoms with van der Waals surface area (Å²) < 4.78 is 33.1. The number of ether oxygens (including phenoxy) is 4. The number of esters is 1. The van der Waals surface area contributed by atoms with Crippen molar-refractivity contribution < 1.29 is 32.9 Å². The summed E-state index contributed by atoms with van der Waals surface area (Å²) in [4.78, 5) is 33.2. The number of rotatable bonds is 14. The van der Waals surface area contributed by atoms with Crippen LogP contribution in [0.5, 0.6) is 5.88 Å². The van der Waals surface area contributed by atoms with Crippen LogP contribution in [0.4, 0.5) is 10.2 Å². The Balaban J connectivity index is 1.63. The maximum atomic E-state index is 12.4. The second-order valence-electron chi connectivity index (χ2n) is 6.83. The Labute approximate surface area is 189 Å². The number of carbonyl (C=O) groups is 2. The third-order valence-corrected chi connectivity index (χ3v) is 5.39. The van der Waals surface area contributed by atoms with Crippen molar-refractivity contribution in [3.63, 3.8) is 0 Å². The summed E-state index contributed by atoms with van der Waals surface area (Å²) >= 11 is 1.14. The highest BCUT2D eigenvalue weighted by molar-refractivity contribution is 7.17. The number of hydrogen-bond donors (Lipinski definition) is 1. The first-order valence-corrected chi connectivity index (χ1v) is 11.2. The molecule has 174 valence electrons. The quantitative estimate of drug-likeness (QED) is 0.333. The Hall–Kier alpha value is -2.63. The van der Waals surface area contributed by atoms with E-state index in [4.69, 9.17) is 18.9 Å². The van der Waals surface area contributed by atoms with Crippen molar-refractivity contribution in [3.05, 3.63) is 23.2 Å². The Morgan fingerprint density at radius 3 is 2.66 bits per heavy atom. The van der Waals surface area contributed by atoms with Gasteiger partial charge in [-0.25, -0.2) is 19.2 Å². The first-order chi connectivity index (χ1) is 15.6. The lowest BCUT2D eigenvalue weighted by molar-refractivity contribution is -0.117. The molecule has 1 aliphatic carbocycles. The summed E-state index contributed by atoms with van der Waals surface area (Å²) in [5, 5.41) is 3.34. The maximum absolute atomic E-state index is 12.4. The zero-order valence-electron chi connectivity index (χ0n) is 17.8. The first kappa shape index (κ1) is 24.0. The number of halogens is 1. The SMILES string of the molecule is CCOC(=O)c1sc(-c2ccnc(NC(=O)C3CC3)c2)nc1OCCOCCOCCF. The molecule has 9 nitrogen and oxygen atoms in total. The number of nitrogens with one attached hydrogen (secondary N) is 1. The lowest BCUT2D eigenvalue weighted by Crippen LogP contribution is -2.14. The summed E-state index contributed by atoms with van der Waals surface area (Å²) in [5.74, 6) is 0.0793. The molecule has 1 amide bonds. The Kier molecular flexibility index (Phi) is 9.32. The van der Waals surface area contributed by atoms with Crippen LogP contribution < -0.4 is 10.1 Å². The van der Waals surface area contributed by atoms with E-state index in [-0.39, 0.29) is 49.0 Å². The van der Waals surface area contributed by atoms with Gasteiger partial charge in [0, 0.05) is 17.7 Å². The summed E-state index contributed by atoms with van der Waals surface area (Å²) in [7, 11) is 0. The Morgan fingerprint density at radius 2 is 1.94 bits per heavy atom. The molecule has 3 rings (SSSR count). The minimum atomic E-state index is -0.530. The molecule has 1 N–H and O–H groups in total. The molecule has 0 atom stereocenters. The van der Waals surface area contributed by atoms with Crippen molar-refractivity contribution in [3.8, 4) is 16.5 Å². The van der Waals surface area contributed by atoms with Crippen molar-refractivity contribution in [2.45, 2.75) is 19.8 Å². The highest BCUT2D eigenvalue weighted by atomic mass is 32.1. The van der Waals surface area contributed by atoms with Gasteiger partial charge in [0.15, 0.2) is 4.88 Å². The lowest BCUT2D eigenvalue weighted by atomic mass is 10.2. The number of carbonyl (C=O) groups excluding carboxylic acids is 2. The second-order valence-corrected chi connectivity index (χ2v) is 7.83. The highest BCUT2D eigenvalue weighted by Crippen LogP contribution is 2.34. The van der Waals surface area contributed by atoms with Gasteiger partial charge in [-0.05, 0) is 31.9 Å². The first-order valence-electron chi connectivity index (χ1n) is 10.4. The van der Waals surface area contributed by atoms with Gasteiger partial charge in [-0.3, -0.25) is 4.79 Å². The largest absolute Gasteiger partial charge is 0.474 e. The molecule has 1 aliphatic rings. The monoisotopic (exact) mass is 467 g/mol. The van der Waals surface area contributed by atoms with Crippen LogP contribution >= 0.6 is 11.3 Å². The summed E-state index contributed by atoms with van der Waals surface area (Å²) in [6.07, 6.45) is 3.37. The molecular weight excluding hydrogens is 441 g/mol. The molecular formula is C21H26FN3O6S. The third kappa shape index (κ3) is 7.21. The number of nitrogens with zero attached hydrogens (tertiary/aromatic N) is 2. The molecule has 0 radical (unpaired) electrons. The minimum Gasteiger partial charge on any atom is -0.474 e. The fraction of sp³-hybridized carbons (Fsp3) is 0.524. The fourth-order valence-corrected chi connectivity index (χ4v) is 3.53. The van der Waals surface area contributed by atoms with Crippen molar-refractivity contribution in [2.75, 3.05) is 51.6 Å². The van der Waals surface area contributed by atoms with E-state index in [9.17, 15) is 14.0 Å². The molecule has 2 aromatic heterocycles. The van der Waals surface area contributed by atoms with E-state index < -0.39 is 12.6 Å². The van der Waals surface area contributed by atoms with Gasteiger partial charge in [0.1, 0.15) is 24.1 Å². The van der Waals surface area contributed by atoms with Crippen LogP contribution in [0.1, 0.15) is 29.4 Å². The van der Waals surface area contributed by atoms with Gasteiger partial charge in [0.25, 0.3) is 0 Å². The van der Waals surface area contributed by atoms with Gasteiger partial charge in [-0.2, -0.15) is 0 Å². The van der Waals surface area contributed by atoms with Crippen molar-refractivity contribution >= 4 is 29.0 Å². The molecule has 0 unspecified atom stereocenters. The molecule has 1 fully saturated rings. The fourth-order valence-electron chi connectivity index (χ4n) is 2.63. The molecule has 2 aromatic rings. The number of pyridine rings is 1. The van der Waals surface area contributed by atoms with E-state index in [1.54, 1.807) is 25.3 Å². The van der Waals surface area contributed by atoms with Crippen LogP contribution in [0, 0.1) is 5.92 Å². The van der Waals surface area contributed by atoms with Crippen LogP contribution in [-0.4, -0.2) is 68.2 Å². The molecule has 11 heteroatoms. The summed E-state index contributed by atoms with van der Waals surface area (Å²) in [6, 6.07) is 3.45. The molecule has 2 heterocycles. The van der Waals surface area contributed by atoms with Gasteiger partial charge in [-0.1, -0.05) is 0 Å². The van der Waals surface area contributed by atoms with Gasteiger partial charge < -0.3 is 24.3 Å². The standard InChI is InChI=1S/C21H26FN3O6S/c1-2-30-21(27)17-19(31-12-11-29-10-9-28-8-6-22)25-20(32-17)15-5-7-23-16(13-15)24-18(26)14-3-4-14/h5,7,13-14H,2-4,6,8-12H2,1H3,(H,23,24,26). The number of amides is 1. The maximum Gasteiger partial charge on any atom is 0.354 e. The zero-order valence-corrected chi connectivity index (χ0v) is 18.6. The van der Waals surface area contributed by atoms with E-state index in [0.717, 1.165) is 24.2 Å². The number of aromatic nitrogens is 2. The third-order valence-electron chi connectivity index (χ3n) is 4.32. The predicted molar refractivity (Wildman–Crippen MR) is 116 cm³/mol. The van der Waals surface area contributed by atoms with E-state index in [1.165, 1.54) is 0 Å². The molecule has 1 saturated carbocycles. The average molecular weight is 468 g/mol. The van der Waals surface area contributed by atoms with E-state index in [0.29, 0.717) is 29.6 Å². The number of hydrogen-bond acceptors (Lipinski definition) is 9. The van der Waals surface area contributed by atoms with Gasteiger partial charge in [-0.15, -0.1) is 11.3 Å². The second kappa shape index (κ2) is 12.4. The van der Waals surface area contributed by atoms with E-state index in [1.807, 2.05) is 0 Å². The van der Waals surface area contributed by atoms with Crippen LogP contribution in [0.2, 0.25) is 0 Å². The van der Waals surface area contributed by atoms with Crippen molar-refractivity contribution in [2.24, 2.45) is 5.92 Å². The summed E-state index contributed by atoms with van der Waals surface area (Å²) in [6.45, 7) is 2.47. The minimum absolute atomic E-state index is 0.0416. The van der Waals surface area contributed by atoms with E-state index in [2.05, 4.69) is 15.3 Å². The molecule has 0 aromatic carbocycles. The van der Waals surface area contributed by atoms with Crippen LogP contribution in [0.15, 0.2) is 18.3 Å².